The molecule has 2 fully saturated rings. The lowest BCUT2D eigenvalue weighted by Gasteiger charge is -2.32. The number of carbonyl (C=O) groups is 1. The molecule has 0 aliphatic carbocycles. The van der Waals surface area contributed by atoms with Crippen LogP contribution >= 0.6 is 0 Å². The molecule has 3 heteroatoms. The zero-order valence-electron chi connectivity index (χ0n) is 6.65. The lowest BCUT2D eigenvalue weighted by atomic mass is 9.86. The molecular formula is C8H14N2O. The average Bonchev–Trinajstić information content (AvgIpc) is 2.46. The normalized spacial score (nSPS) is 38.4. The first kappa shape index (κ1) is 7.25. The quantitative estimate of drug-likeness (QED) is 0.502. The largest absolute Gasteiger partial charge is 0.310 e. The van der Waals surface area contributed by atoms with Gasteiger partial charge in [-0.3, -0.25) is 4.79 Å². The van der Waals surface area contributed by atoms with Crippen LogP contribution in [0.1, 0.15) is 19.3 Å². The van der Waals surface area contributed by atoms with E-state index in [0.29, 0.717) is 12.3 Å². The highest BCUT2D eigenvalue weighted by atomic mass is 16.1. The van der Waals surface area contributed by atoms with E-state index in [4.69, 9.17) is 0 Å². The van der Waals surface area contributed by atoms with Gasteiger partial charge >= 0.3 is 0 Å². The minimum Gasteiger partial charge on any atom is -0.310 e. The molecule has 3 nitrogen and oxygen atoms in total. The van der Waals surface area contributed by atoms with Crippen molar-refractivity contribution in [3.63, 3.8) is 0 Å². The maximum Gasteiger partial charge on any atom is 0.166 e. The van der Waals surface area contributed by atoms with Crippen LogP contribution in [0.3, 0.4) is 0 Å². The number of piperidine rings is 1. The lowest BCUT2D eigenvalue weighted by molar-refractivity contribution is -0.125. The Labute approximate surface area is 66.5 Å². The second kappa shape index (κ2) is 2.57. The summed E-state index contributed by atoms with van der Waals surface area (Å²) in [6.45, 7) is 2.57. The van der Waals surface area contributed by atoms with Gasteiger partial charge in [-0.2, -0.15) is 0 Å². The molecule has 62 valence electrons. The van der Waals surface area contributed by atoms with Crippen LogP contribution in [0.25, 0.3) is 0 Å². The Hall–Kier alpha value is -0.410. The summed E-state index contributed by atoms with van der Waals surface area (Å²) in [4.78, 5) is 11.5. The summed E-state index contributed by atoms with van der Waals surface area (Å²) in [5, 5.41) is 6.43. The van der Waals surface area contributed by atoms with E-state index < -0.39 is 0 Å². The Morgan fingerprint density at radius 1 is 1.27 bits per heavy atom. The molecule has 2 aliphatic heterocycles. The van der Waals surface area contributed by atoms with Crippen molar-refractivity contribution in [3.05, 3.63) is 0 Å². The standard InChI is InChI=1S/C8H14N2O/c11-7-6-9-5-3-8(7)2-1-4-10-8/h9-10H,1-6H2. The molecule has 1 spiro atoms. The van der Waals surface area contributed by atoms with Crippen molar-refractivity contribution in [2.75, 3.05) is 19.6 Å². The Morgan fingerprint density at radius 3 is 2.82 bits per heavy atom. The second-order valence-corrected chi connectivity index (χ2v) is 3.46. The number of Topliss-reactive ketones (excluding diaryl/α,β-unsaturated/α-hetero) is 1. The SMILES string of the molecule is O=C1CNCCC12CCCN2. The van der Waals surface area contributed by atoms with Gasteiger partial charge in [0.1, 0.15) is 0 Å². The summed E-state index contributed by atoms with van der Waals surface area (Å²) in [5.74, 6) is 0.362. The molecule has 0 radical (unpaired) electrons. The van der Waals surface area contributed by atoms with Gasteiger partial charge in [-0.05, 0) is 32.4 Å². The molecule has 2 saturated heterocycles. The van der Waals surface area contributed by atoms with Crippen LogP contribution in [-0.2, 0) is 4.79 Å². The van der Waals surface area contributed by atoms with Gasteiger partial charge in [-0.15, -0.1) is 0 Å². The number of nitrogens with one attached hydrogen (secondary N) is 2. The van der Waals surface area contributed by atoms with Crippen LogP contribution in [0.4, 0.5) is 0 Å². The van der Waals surface area contributed by atoms with E-state index in [1.54, 1.807) is 0 Å². The molecule has 2 N–H and O–H groups in total. The van der Waals surface area contributed by atoms with Gasteiger partial charge in [-0.25, -0.2) is 0 Å². The molecule has 11 heavy (non-hydrogen) atoms. The average molecular weight is 154 g/mol. The van der Waals surface area contributed by atoms with Crippen LogP contribution in [0.15, 0.2) is 0 Å². The van der Waals surface area contributed by atoms with Gasteiger partial charge in [0.25, 0.3) is 0 Å². The predicted molar refractivity (Wildman–Crippen MR) is 42.5 cm³/mol. The Kier molecular flexibility index (Phi) is 1.69. The molecule has 0 aromatic carbocycles. The van der Waals surface area contributed by atoms with Gasteiger partial charge in [0.2, 0.25) is 0 Å². The molecule has 0 aromatic rings. The number of carbonyl (C=O) groups excluding carboxylic acids is 1. The molecule has 2 aliphatic rings. The van der Waals surface area contributed by atoms with Crippen LogP contribution in [0, 0.1) is 0 Å². The number of hydrogen-bond donors (Lipinski definition) is 2. The van der Waals surface area contributed by atoms with Crippen LogP contribution < -0.4 is 10.6 Å². The molecule has 2 rings (SSSR count). The lowest BCUT2D eigenvalue weighted by Crippen LogP contribution is -2.56. The van der Waals surface area contributed by atoms with Crippen LogP contribution in [0.5, 0.6) is 0 Å². The molecule has 0 amide bonds. The number of ketones is 1. The van der Waals surface area contributed by atoms with E-state index in [1.807, 2.05) is 0 Å². The first-order valence-corrected chi connectivity index (χ1v) is 4.33. The molecular weight excluding hydrogens is 140 g/mol. The minimum atomic E-state index is -0.120. The topological polar surface area (TPSA) is 41.1 Å². The van der Waals surface area contributed by atoms with Crippen molar-refractivity contribution < 1.29 is 4.79 Å². The van der Waals surface area contributed by atoms with Gasteiger partial charge in [-0.1, -0.05) is 0 Å². The molecule has 1 unspecified atom stereocenters. The summed E-state index contributed by atoms with van der Waals surface area (Å²) in [7, 11) is 0. The highest BCUT2D eigenvalue weighted by Gasteiger charge is 2.41. The summed E-state index contributed by atoms with van der Waals surface area (Å²) < 4.78 is 0. The summed E-state index contributed by atoms with van der Waals surface area (Å²) in [6.07, 6.45) is 3.19. The maximum absolute atomic E-state index is 11.5. The van der Waals surface area contributed by atoms with E-state index in [1.165, 1.54) is 0 Å². The van der Waals surface area contributed by atoms with E-state index in [9.17, 15) is 4.79 Å². The van der Waals surface area contributed by atoms with Gasteiger partial charge in [0.15, 0.2) is 5.78 Å². The van der Waals surface area contributed by atoms with Gasteiger partial charge in [0, 0.05) is 0 Å². The van der Waals surface area contributed by atoms with E-state index in [0.717, 1.165) is 32.4 Å². The number of hydrogen-bond acceptors (Lipinski definition) is 3. The third kappa shape index (κ3) is 1.08. The van der Waals surface area contributed by atoms with Crippen molar-refractivity contribution >= 4 is 5.78 Å². The summed E-state index contributed by atoms with van der Waals surface area (Å²) >= 11 is 0. The zero-order chi connectivity index (χ0) is 7.73. The zero-order valence-corrected chi connectivity index (χ0v) is 6.65. The minimum absolute atomic E-state index is 0.120. The van der Waals surface area contributed by atoms with Crippen molar-refractivity contribution in [1.29, 1.82) is 0 Å². The Morgan fingerprint density at radius 2 is 2.18 bits per heavy atom. The van der Waals surface area contributed by atoms with Crippen molar-refractivity contribution in [1.82, 2.24) is 10.6 Å². The third-order valence-electron chi connectivity index (χ3n) is 2.79. The smallest absolute Gasteiger partial charge is 0.166 e. The van der Waals surface area contributed by atoms with E-state index in [2.05, 4.69) is 10.6 Å². The first-order valence-electron chi connectivity index (χ1n) is 4.33. The molecule has 1 atom stereocenters. The second-order valence-electron chi connectivity index (χ2n) is 3.46. The maximum atomic E-state index is 11.5. The van der Waals surface area contributed by atoms with E-state index >= 15 is 0 Å². The fourth-order valence-corrected chi connectivity index (χ4v) is 2.07. The van der Waals surface area contributed by atoms with Crippen molar-refractivity contribution in [2.45, 2.75) is 24.8 Å². The highest BCUT2D eigenvalue weighted by Crippen LogP contribution is 2.25. The fraction of sp³-hybridized carbons (Fsp3) is 0.875. The van der Waals surface area contributed by atoms with Crippen molar-refractivity contribution in [2.24, 2.45) is 0 Å². The monoisotopic (exact) mass is 154 g/mol. The molecule has 0 bridgehead atoms. The van der Waals surface area contributed by atoms with E-state index in [-0.39, 0.29) is 5.54 Å². The fourth-order valence-electron chi connectivity index (χ4n) is 2.07. The van der Waals surface area contributed by atoms with Gasteiger partial charge in [0.05, 0.1) is 12.1 Å². The Bertz CT molecular complexity index is 173. The predicted octanol–water partition coefficient (Wildman–Crippen LogP) is -0.329. The molecule has 2 heterocycles. The van der Waals surface area contributed by atoms with Crippen LogP contribution in [0.2, 0.25) is 0 Å². The Balaban J connectivity index is 2.13. The van der Waals surface area contributed by atoms with Crippen molar-refractivity contribution in [3.8, 4) is 0 Å². The van der Waals surface area contributed by atoms with Crippen LogP contribution in [-0.4, -0.2) is 31.0 Å². The molecule has 0 aromatic heterocycles. The highest BCUT2D eigenvalue weighted by molar-refractivity contribution is 5.91. The first-order chi connectivity index (χ1) is 5.33. The summed E-state index contributed by atoms with van der Waals surface area (Å²) in [5.41, 5.74) is -0.120. The summed E-state index contributed by atoms with van der Waals surface area (Å²) in [6, 6.07) is 0. The van der Waals surface area contributed by atoms with Gasteiger partial charge < -0.3 is 10.6 Å². The third-order valence-corrected chi connectivity index (χ3v) is 2.79. The number of rotatable bonds is 0. The molecule has 0 saturated carbocycles.